The predicted octanol–water partition coefficient (Wildman–Crippen LogP) is 2.69. The topological polar surface area (TPSA) is 82.1 Å². The summed E-state index contributed by atoms with van der Waals surface area (Å²) in [7, 11) is 0. The first kappa shape index (κ1) is 15.8. The maximum absolute atomic E-state index is 12.8. The normalized spacial score (nSPS) is 26.5. The lowest BCUT2D eigenvalue weighted by Gasteiger charge is -2.32. The maximum atomic E-state index is 12.8. The second-order valence-corrected chi connectivity index (χ2v) is 6.16. The first-order valence-electron chi connectivity index (χ1n) is 6.46. The highest BCUT2D eigenvalue weighted by Gasteiger charge is 2.61. The van der Waals surface area contributed by atoms with Gasteiger partial charge in [0.2, 0.25) is 5.71 Å². The lowest BCUT2D eigenvalue weighted by molar-refractivity contribution is -0.560. The molecule has 1 heterocycles. The molecule has 0 amide bonds. The summed E-state index contributed by atoms with van der Waals surface area (Å²) in [5.41, 5.74) is -1.33. The molecule has 1 aromatic rings. The Labute approximate surface area is 128 Å². The number of rotatable bonds is 2. The molecule has 0 unspecified atom stereocenters. The van der Waals surface area contributed by atoms with Gasteiger partial charge in [0.05, 0.1) is 0 Å². The van der Waals surface area contributed by atoms with E-state index in [1.807, 2.05) is 0 Å². The zero-order valence-corrected chi connectivity index (χ0v) is 13.1. The molecule has 0 aromatic heterocycles. The molecule has 21 heavy (non-hydrogen) atoms. The molecule has 1 aliphatic rings. The van der Waals surface area contributed by atoms with Crippen LogP contribution in [-0.2, 0) is 0 Å². The van der Waals surface area contributed by atoms with Crippen molar-refractivity contribution in [1.29, 1.82) is 0 Å². The van der Waals surface area contributed by atoms with Gasteiger partial charge in [-0.1, -0.05) is 16.8 Å². The van der Waals surface area contributed by atoms with Crippen molar-refractivity contribution in [3.05, 3.63) is 40.1 Å². The molecule has 0 fully saturated rings. The molecular formula is C14H18ClN3O3. The molecule has 6 nitrogen and oxygen atoms in total. The van der Waals surface area contributed by atoms with Gasteiger partial charge in [0.15, 0.2) is 0 Å². The van der Waals surface area contributed by atoms with Crippen LogP contribution in [0, 0.1) is 5.21 Å². The van der Waals surface area contributed by atoms with Crippen molar-refractivity contribution in [2.24, 2.45) is 5.16 Å². The zero-order valence-electron chi connectivity index (χ0n) is 12.3. The van der Waals surface area contributed by atoms with Crippen LogP contribution in [0.1, 0.15) is 33.3 Å². The highest BCUT2D eigenvalue weighted by atomic mass is 35.5. The number of hydrogen-bond donors (Lipinski definition) is 2. The van der Waals surface area contributed by atoms with Crippen molar-refractivity contribution in [3.63, 3.8) is 0 Å². The first-order valence-corrected chi connectivity index (χ1v) is 6.84. The molecule has 0 spiro atoms. The number of hydroxylamine groups is 3. The van der Waals surface area contributed by atoms with Crippen molar-refractivity contribution in [1.82, 2.24) is 5.06 Å². The smallest absolute Gasteiger partial charge is 0.290 e. The number of hydrogen-bond acceptors (Lipinski definition) is 5. The minimum Gasteiger partial charge on any atom is -0.622 e. The molecule has 0 radical (unpaired) electrons. The summed E-state index contributed by atoms with van der Waals surface area (Å²) in [5, 5.41) is 36.9. The van der Waals surface area contributed by atoms with Gasteiger partial charge in [0.25, 0.3) is 5.66 Å². The van der Waals surface area contributed by atoms with Gasteiger partial charge >= 0.3 is 0 Å². The minimum absolute atomic E-state index is 0.0945. The lowest BCUT2D eigenvalue weighted by atomic mass is 9.92. The van der Waals surface area contributed by atoms with E-state index >= 15 is 0 Å². The molecule has 1 atom stereocenters. The zero-order chi connectivity index (χ0) is 16.0. The van der Waals surface area contributed by atoms with Crippen LogP contribution in [0.15, 0.2) is 29.4 Å². The van der Waals surface area contributed by atoms with Crippen molar-refractivity contribution in [3.8, 4) is 0 Å². The second kappa shape index (κ2) is 4.98. The third-order valence-electron chi connectivity index (χ3n) is 4.07. The average Bonchev–Trinajstić information content (AvgIpc) is 2.58. The average molecular weight is 312 g/mol. The monoisotopic (exact) mass is 311 g/mol. The summed E-state index contributed by atoms with van der Waals surface area (Å²) in [5.74, 6) is 0. The van der Waals surface area contributed by atoms with Gasteiger partial charge in [-0.3, -0.25) is 0 Å². The number of benzene rings is 1. The Morgan fingerprint density at radius 1 is 1.29 bits per heavy atom. The van der Waals surface area contributed by atoms with Gasteiger partial charge in [0, 0.05) is 17.5 Å². The van der Waals surface area contributed by atoms with Gasteiger partial charge < -0.3 is 15.6 Å². The third-order valence-corrected chi connectivity index (χ3v) is 4.33. The van der Waals surface area contributed by atoms with Gasteiger partial charge in [-0.2, -0.15) is 4.74 Å². The van der Waals surface area contributed by atoms with Crippen LogP contribution < -0.4 is 0 Å². The predicted molar refractivity (Wildman–Crippen MR) is 80.2 cm³/mol. The van der Waals surface area contributed by atoms with Gasteiger partial charge in [-0.05, 0) is 45.0 Å². The van der Waals surface area contributed by atoms with E-state index in [1.165, 1.54) is 13.8 Å². The van der Waals surface area contributed by atoms with Crippen LogP contribution >= 0.6 is 11.6 Å². The van der Waals surface area contributed by atoms with E-state index in [1.54, 1.807) is 38.1 Å². The molecule has 0 aliphatic carbocycles. The van der Waals surface area contributed by atoms with Crippen LogP contribution in [0.25, 0.3) is 0 Å². The molecule has 2 rings (SSSR count). The van der Waals surface area contributed by atoms with Gasteiger partial charge in [-0.15, -0.1) is 5.06 Å². The fourth-order valence-corrected chi connectivity index (χ4v) is 2.80. The van der Waals surface area contributed by atoms with E-state index in [0.717, 1.165) is 5.06 Å². The fourth-order valence-electron chi connectivity index (χ4n) is 2.67. The Balaban J connectivity index is 2.70. The summed E-state index contributed by atoms with van der Waals surface area (Å²) < 4.78 is 0.672. The maximum Gasteiger partial charge on any atom is 0.290 e. The first-order chi connectivity index (χ1) is 9.67. The van der Waals surface area contributed by atoms with E-state index < -0.39 is 11.2 Å². The van der Waals surface area contributed by atoms with E-state index in [4.69, 9.17) is 16.8 Å². The summed E-state index contributed by atoms with van der Waals surface area (Å²) in [6.07, 6.45) is 0. The van der Waals surface area contributed by atoms with E-state index in [-0.39, 0.29) is 5.71 Å². The Morgan fingerprint density at radius 3 is 2.29 bits per heavy atom. The van der Waals surface area contributed by atoms with Crippen molar-refractivity contribution < 1.29 is 15.2 Å². The Morgan fingerprint density at radius 2 is 1.81 bits per heavy atom. The Hall–Kier alpha value is -1.63. The van der Waals surface area contributed by atoms with Crippen molar-refractivity contribution in [2.75, 3.05) is 0 Å². The molecule has 114 valence electrons. The molecule has 0 saturated heterocycles. The minimum atomic E-state index is -1.48. The van der Waals surface area contributed by atoms with Crippen LogP contribution in [0.5, 0.6) is 0 Å². The van der Waals surface area contributed by atoms with Crippen LogP contribution in [-0.4, -0.2) is 42.8 Å². The van der Waals surface area contributed by atoms with E-state index in [0.29, 0.717) is 21.0 Å². The van der Waals surface area contributed by atoms with Gasteiger partial charge in [-0.25, -0.2) is 0 Å². The van der Waals surface area contributed by atoms with E-state index in [2.05, 4.69) is 5.16 Å². The van der Waals surface area contributed by atoms with Crippen LogP contribution in [0.4, 0.5) is 0 Å². The standard InChI is InChI=1S/C14H18ClN3O3/c1-9(16-19)14(4)17(20)12(13(2,3)18(14)21)10-5-7-11(15)8-6-10/h5-8,19,21H,1-4H3/b16-9-/t14-/m0/s1. The molecular weight excluding hydrogens is 294 g/mol. The summed E-state index contributed by atoms with van der Waals surface area (Å²) in [6, 6.07) is 6.79. The van der Waals surface area contributed by atoms with Gasteiger partial charge in [0.1, 0.15) is 11.3 Å². The quantitative estimate of drug-likeness (QED) is 0.289. The summed E-state index contributed by atoms with van der Waals surface area (Å²) in [6.45, 7) is 6.42. The SMILES string of the molecule is C/C(=N/O)[C@]1(C)N(O)C(C)(C)C(c2ccc(Cl)cc2)=[N+]1[O-]. The number of halogens is 1. The Bertz CT molecular complexity index is 625. The second-order valence-electron chi connectivity index (χ2n) is 5.73. The number of nitrogens with zero attached hydrogens (tertiary/aromatic N) is 3. The van der Waals surface area contributed by atoms with E-state index in [9.17, 15) is 10.4 Å². The molecule has 2 N–H and O–H groups in total. The van der Waals surface area contributed by atoms with Crippen molar-refractivity contribution >= 4 is 23.0 Å². The fraction of sp³-hybridized carbons (Fsp3) is 0.429. The highest BCUT2D eigenvalue weighted by Crippen LogP contribution is 2.36. The largest absolute Gasteiger partial charge is 0.622 e. The molecule has 7 heteroatoms. The van der Waals surface area contributed by atoms with Crippen LogP contribution in [0.2, 0.25) is 5.02 Å². The van der Waals surface area contributed by atoms with Crippen LogP contribution in [0.3, 0.4) is 0 Å². The number of oxime groups is 1. The highest BCUT2D eigenvalue weighted by molar-refractivity contribution is 6.30. The molecule has 0 saturated carbocycles. The summed E-state index contributed by atoms with van der Waals surface area (Å²) >= 11 is 5.87. The molecule has 0 bridgehead atoms. The lowest BCUT2D eigenvalue weighted by Crippen LogP contribution is -2.57. The third kappa shape index (κ3) is 2.10. The Kier molecular flexibility index (Phi) is 3.73. The molecule has 1 aromatic carbocycles. The van der Waals surface area contributed by atoms with Crippen molar-refractivity contribution in [2.45, 2.75) is 38.9 Å². The molecule has 1 aliphatic heterocycles. The summed E-state index contributed by atoms with van der Waals surface area (Å²) in [4.78, 5) is 0.